The predicted molar refractivity (Wildman–Crippen MR) is 120 cm³/mol. The fraction of sp³-hybridized carbons (Fsp3) is 0.522. The van der Waals surface area contributed by atoms with Gasteiger partial charge in [-0.25, -0.2) is 4.68 Å². The third-order valence-electron chi connectivity index (χ3n) is 5.73. The van der Waals surface area contributed by atoms with Crippen molar-refractivity contribution in [2.45, 2.75) is 64.1 Å². The average molecular weight is 427 g/mol. The molecule has 0 amide bonds. The van der Waals surface area contributed by atoms with E-state index in [9.17, 15) is 4.79 Å². The number of allylic oxidation sites excluding steroid dienone is 2. The highest BCUT2D eigenvalue weighted by Gasteiger charge is 2.42. The number of aromatic nitrogens is 3. The summed E-state index contributed by atoms with van der Waals surface area (Å²) in [7, 11) is 1.66. The first kappa shape index (κ1) is 21.0. The molecule has 0 bridgehead atoms. The second-order valence-corrected chi connectivity index (χ2v) is 9.88. The molecule has 2 aliphatic rings. The van der Waals surface area contributed by atoms with E-state index in [4.69, 9.17) is 14.8 Å². The Balaban J connectivity index is 1.77. The molecule has 4 rings (SSSR count). The molecule has 1 N–H and O–H groups in total. The Kier molecular flexibility index (Phi) is 5.91. The van der Waals surface area contributed by atoms with E-state index in [1.165, 1.54) is 12.8 Å². The Labute approximate surface area is 182 Å². The van der Waals surface area contributed by atoms with Gasteiger partial charge in [0.05, 0.1) is 7.11 Å². The lowest BCUT2D eigenvalue weighted by Gasteiger charge is -2.38. The van der Waals surface area contributed by atoms with Crippen LogP contribution in [0, 0.1) is 5.41 Å². The summed E-state index contributed by atoms with van der Waals surface area (Å²) >= 11 is 1.68. The molecule has 1 aromatic heterocycles. The molecule has 160 valence electrons. The van der Waals surface area contributed by atoms with Crippen molar-refractivity contribution < 1.29 is 9.53 Å². The number of hydrogen-bond donors (Lipinski definition) is 1. The number of methoxy groups -OCH3 is 1. The molecule has 2 heterocycles. The van der Waals surface area contributed by atoms with Gasteiger partial charge in [-0.2, -0.15) is 4.98 Å². The second-order valence-electron chi connectivity index (χ2n) is 8.82. The van der Waals surface area contributed by atoms with Crippen LogP contribution < -0.4 is 10.1 Å². The normalized spacial score (nSPS) is 19.9. The molecule has 2 aromatic rings. The summed E-state index contributed by atoms with van der Waals surface area (Å²) in [4.78, 5) is 18.0. The van der Waals surface area contributed by atoms with Gasteiger partial charge in [-0.3, -0.25) is 4.79 Å². The van der Waals surface area contributed by atoms with Crippen molar-refractivity contribution in [3.05, 3.63) is 41.1 Å². The van der Waals surface area contributed by atoms with E-state index >= 15 is 0 Å². The number of carbonyl (C=O) groups excluding carboxylic acids is 1. The van der Waals surface area contributed by atoms with E-state index < -0.39 is 0 Å². The lowest BCUT2D eigenvalue weighted by Crippen LogP contribution is -2.36. The van der Waals surface area contributed by atoms with Crippen LogP contribution in [0.2, 0.25) is 0 Å². The van der Waals surface area contributed by atoms with E-state index in [0.29, 0.717) is 12.4 Å². The van der Waals surface area contributed by atoms with E-state index in [-0.39, 0.29) is 17.2 Å². The van der Waals surface area contributed by atoms with Crippen LogP contribution in [0.3, 0.4) is 0 Å². The highest BCUT2D eigenvalue weighted by Crippen LogP contribution is 2.47. The number of unbranched alkanes of at least 4 members (excludes halogenated alkanes) is 2. The number of rotatable bonds is 7. The lowest BCUT2D eigenvalue weighted by atomic mass is 9.73. The zero-order valence-electron chi connectivity index (χ0n) is 18.2. The van der Waals surface area contributed by atoms with Gasteiger partial charge in [0.15, 0.2) is 5.78 Å². The third kappa shape index (κ3) is 4.00. The van der Waals surface area contributed by atoms with Gasteiger partial charge >= 0.3 is 0 Å². The maximum absolute atomic E-state index is 13.3. The molecule has 0 saturated carbocycles. The molecule has 1 atom stereocenters. The van der Waals surface area contributed by atoms with Crippen LogP contribution in [-0.2, 0) is 4.79 Å². The molecule has 1 aliphatic carbocycles. The summed E-state index contributed by atoms with van der Waals surface area (Å²) in [6.45, 7) is 6.49. The number of benzene rings is 1. The zero-order chi connectivity index (χ0) is 21.3. The first-order valence-corrected chi connectivity index (χ1v) is 11.7. The van der Waals surface area contributed by atoms with Crippen LogP contribution in [0.1, 0.15) is 64.5 Å². The summed E-state index contributed by atoms with van der Waals surface area (Å²) in [5.74, 6) is 2.62. The Bertz CT molecular complexity index is 979. The number of carbonyl (C=O) groups is 1. The molecule has 1 aliphatic heterocycles. The van der Waals surface area contributed by atoms with Gasteiger partial charge in [0, 0.05) is 29.0 Å². The predicted octanol–water partition coefficient (Wildman–Crippen LogP) is 5.23. The van der Waals surface area contributed by atoms with Gasteiger partial charge in [-0.15, -0.1) is 5.10 Å². The van der Waals surface area contributed by atoms with Gasteiger partial charge in [0.1, 0.15) is 11.8 Å². The number of anilines is 1. The number of para-hydroxylation sites is 1. The fourth-order valence-electron chi connectivity index (χ4n) is 4.35. The molecule has 0 saturated heterocycles. The van der Waals surface area contributed by atoms with Gasteiger partial charge in [-0.1, -0.05) is 63.6 Å². The van der Waals surface area contributed by atoms with Crippen molar-refractivity contribution in [1.82, 2.24) is 14.8 Å². The number of thioether (sulfide) groups is 1. The summed E-state index contributed by atoms with van der Waals surface area (Å²) in [5.41, 5.74) is 2.62. The summed E-state index contributed by atoms with van der Waals surface area (Å²) < 4.78 is 7.52. The minimum absolute atomic E-state index is 0.0752. The van der Waals surface area contributed by atoms with Crippen LogP contribution in [0.5, 0.6) is 5.75 Å². The quantitative estimate of drug-likeness (QED) is 0.483. The number of ether oxygens (including phenoxy) is 1. The van der Waals surface area contributed by atoms with Crippen LogP contribution in [-0.4, -0.2) is 33.4 Å². The molecule has 6 nitrogen and oxygen atoms in total. The highest BCUT2D eigenvalue weighted by atomic mass is 32.2. The first-order chi connectivity index (χ1) is 14.4. The van der Waals surface area contributed by atoms with Crippen molar-refractivity contribution in [1.29, 1.82) is 0 Å². The summed E-state index contributed by atoms with van der Waals surface area (Å²) in [6, 6.07) is 7.56. The van der Waals surface area contributed by atoms with E-state index in [0.717, 1.165) is 46.3 Å². The maximum Gasteiger partial charge on any atom is 0.227 e. The Morgan fingerprint density at radius 3 is 2.83 bits per heavy atom. The minimum Gasteiger partial charge on any atom is -0.496 e. The van der Waals surface area contributed by atoms with Gasteiger partial charge < -0.3 is 10.1 Å². The number of fused-ring (bicyclic) bond motifs is 1. The molecule has 0 fully saturated rings. The van der Waals surface area contributed by atoms with Gasteiger partial charge in [-0.05, 0) is 24.3 Å². The molecule has 7 heteroatoms. The van der Waals surface area contributed by atoms with Crippen molar-refractivity contribution in [2.75, 3.05) is 18.2 Å². The number of ketones is 1. The number of nitrogens with one attached hydrogen (secondary N) is 1. The molecule has 0 radical (unpaired) electrons. The molecule has 1 aromatic carbocycles. The minimum atomic E-state index is -0.325. The number of nitrogens with zero attached hydrogens (tertiary/aromatic N) is 3. The average Bonchev–Trinajstić information content (AvgIpc) is 3.11. The highest BCUT2D eigenvalue weighted by molar-refractivity contribution is 7.99. The summed E-state index contributed by atoms with van der Waals surface area (Å²) in [5, 5.41) is 9.00. The van der Waals surface area contributed by atoms with Crippen LogP contribution in [0.4, 0.5) is 5.95 Å². The molecular formula is C23H30N4O2S. The largest absolute Gasteiger partial charge is 0.496 e. The van der Waals surface area contributed by atoms with E-state index in [1.54, 1.807) is 18.9 Å². The van der Waals surface area contributed by atoms with Gasteiger partial charge in [0.25, 0.3) is 0 Å². The first-order valence-electron chi connectivity index (χ1n) is 10.7. The molecule has 0 unspecified atom stereocenters. The number of hydrogen-bond acceptors (Lipinski definition) is 6. The SMILES string of the molecule is CCCCCSc1nc2n(n1)[C@@H](c1ccccc1OC)C1=C(CC(C)(C)CC1=O)N2. The third-order valence-corrected chi connectivity index (χ3v) is 6.65. The lowest BCUT2D eigenvalue weighted by molar-refractivity contribution is -0.118. The van der Waals surface area contributed by atoms with Crippen molar-refractivity contribution in [3.8, 4) is 5.75 Å². The van der Waals surface area contributed by atoms with Crippen molar-refractivity contribution >= 4 is 23.5 Å². The molecule has 30 heavy (non-hydrogen) atoms. The Morgan fingerprint density at radius 2 is 2.07 bits per heavy atom. The fourth-order valence-corrected chi connectivity index (χ4v) is 5.17. The standard InChI is InChI=1S/C23H30N4O2S/c1-5-6-9-12-30-22-25-21-24-16-13-23(2,3)14-17(28)19(16)20(27(21)26-22)15-10-7-8-11-18(15)29-4/h7-8,10-11,20H,5-6,9,12-14H2,1-4H3,(H,24,25,26)/t20-/m0/s1. The van der Waals surface area contributed by atoms with Crippen LogP contribution in [0.15, 0.2) is 40.7 Å². The smallest absolute Gasteiger partial charge is 0.227 e. The monoisotopic (exact) mass is 426 g/mol. The number of Topliss-reactive ketones (excluding diaryl/α,β-unsaturated/α-hetero) is 1. The molecule has 0 spiro atoms. The van der Waals surface area contributed by atoms with E-state index in [2.05, 4.69) is 26.1 Å². The van der Waals surface area contributed by atoms with Crippen molar-refractivity contribution in [2.24, 2.45) is 5.41 Å². The van der Waals surface area contributed by atoms with Gasteiger partial charge in [0.2, 0.25) is 11.1 Å². The zero-order valence-corrected chi connectivity index (χ0v) is 19.0. The molecular weight excluding hydrogens is 396 g/mol. The van der Waals surface area contributed by atoms with Crippen LogP contribution in [0.25, 0.3) is 0 Å². The maximum atomic E-state index is 13.3. The topological polar surface area (TPSA) is 69.0 Å². The van der Waals surface area contributed by atoms with Crippen LogP contribution >= 0.6 is 11.8 Å². The van der Waals surface area contributed by atoms with Crippen molar-refractivity contribution in [3.63, 3.8) is 0 Å². The second kappa shape index (κ2) is 8.46. The Morgan fingerprint density at radius 1 is 1.27 bits per heavy atom. The summed E-state index contributed by atoms with van der Waals surface area (Å²) in [6.07, 6.45) is 4.89. The van der Waals surface area contributed by atoms with E-state index in [1.807, 2.05) is 28.9 Å². The Hall–Kier alpha value is -2.28.